The molecule has 0 aliphatic rings. The zero-order chi connectivity index (χ0) is 14.4. The fourth-order valence-corrected chi connectivity index (χ4v) is 2.36. The number of fused-ring (bicyclic) bond motifs is 1. The van der Waals surface area contributed by atoms with E-state index in [4.69, 9.17) is 4.74 Å². The SMILES string of the molecule is CCCNCc1cccc2ccn(CC(=O)OCC)c12. The Morgan fingerprint density at radius 1 is 1.30 bits per heavy atom. The second kappa shape index (κ2) is 7.10. The molecule has 0 fully saturated rings. The molecule has 0 aliphatic heterocycles. The molecule has 0 saturated carbocycles. The highest BCUT2D eigenvalue weighted by atomic mass is 16.5. The number of carbonyl (C=O) groups excluding carboxylic acids is 1. The molecule has 0 spiro atoms. The number of hydrogen-bond donors (Lipinski definition) is 1. The maximum Gasteiger partial charge on any atom is 0.325 e. The van der Waals surface area contributed by atoms with Crippen LogP contribution in [-0.4, -0.2) is 23.7 Å². The molecule has 0 atom stereocenters. The Morgan fingerprint density at radius 3 is 2.90 bits per heavy atom. The Bertz CT molecular complexity index is 575. The van der Waals surface area contributed by atoms with Crippen molar-refractivity contribution in [1.82, 2.24) is 9.88 Å². The molecule has 1 aromatic carbocycles. The molecule has 108 valence electrons. The van der Waals surface area contributed by atoms with Crippen molar-refractivity contribution < 1.29 is 9.53 Å². The highest BCUT2D eigenvalue weighted by Gasteiger charge is 2.10. The van der Waals surface area contributed by atoms with Crippen molar-refractivity contribution in [3.63, 3.8) is 0 Å². The normalized spacial score (nSPS) is 10.9. The minimum atomic E-state index is -0.193. The van der Waals surface area contributed by atoms with Crippen LogP contribution in [0.2, 0.25) is 0 Å². The third-order valence-corrected chi connectivity index (χ3v) is 3.22. The first-order valence-corrected chi connectivity index (χ1v) is 7.19. The van der Waals surface area contributed by atoms with Crippen LogP contribution in [0.15, 0.2) is 30.5 Å². The van der Waals surface area contributed by atoms with Crippen LogP contribution >= 0.6 is 0 Å². The number of esters is 1. The first kappa shape index (κ1) is 14.6. The average Bonchev–Trinajstić information content (AvgIpc) is 2.83. The van der Waals surface area contributed by atoms with Crippen molar-refractivity contribution in [2.24, 2.45) is 0 Å². The van der Waals surface area contributed by atoms with Crippen LogP contribution < -0.4 is 5.32 Å². The molecular weight excluding hydrogens is 252 g/mol. The van der Waals surface area contributed by atoms with E-state index < -0.39 is 0 Å². The van der Waals surface area contributed by atoms with Crippen LogP contribution in [-0.2, 0) is 22.6 Å². The first-order chi connectivity index (χ1) is 9.76. The summed E-state index contributed by atoms with van der Waals surface area (Å²) in [5.74, 6) is -0.193. The molecule has 20 heavy (non-hydrogen) atoms. The zero-order valence-electron chi connectivity index (χ0n) is 12.2. The third-order valence-electron chi connectivity index (χ3n) is 3.22. The summed E-state index contributed by atoms with van der Waals surface area (Å²) in [6.45, 7) is 6.47. The number of nitrogens with one attached hydrogen (secondary N) is 1. The van der Waals surface area contributed by atoms with Gasteiger partial charge in [-0.05, 0) is 36.9 Å². The summed E-state index contributed by atoms with van der Waals surface area (Å²) in [7, 11) is 0. The average molecular weight is 274 g/mol. The summed E-state index contributed by atoms with van der Waals surface area (Å²) < 4.78 is 7.00. The Kier molecular flexibility index (Phi) is 5.18. The Balaban J connectivity index is 2.24. The van der Waals surface area contributed by atoms with Crippen LogP contribution in [0.1, 0.15) is 25.8 Å². The number of benzene rings is 1. The highest BCUT2D eigenvalue weighted by Crippen LogP contribution is 2.20. The van der Waals surface area contributed by atoms with Gasteiger partial charge in [0.1, 0.15) is 6.54 Å². The van der Waals surface area contributed by atoms with E-state index in [1.165, 1.54) is 5.56 Å². The standard InChI is InChI=1S/C16H22N2O2/c1-3-9-17-11-14-7-5-6-13-8-10-18(16(13)14)12-15(19)20-4-2/h5-8,10,17H,3-4,9,11-12H2,1-2H3. The van der Waals surface area contributed by atoms with Gasteiger partial charge in [0, 0.05) is 12.7 Å². The van der Waals surface area contributed by atoms with E-state index in [0.29, 0.717) is 6.61 Å². The molecule has 1 heterocycles. The molecule has 2 aromatic rings. The number of hydrogen-bond acceptors (Lipinski definition) is 3. The lowest BCUT2D eigenvalue weighted by molar-refractivity contribution is -0.143. The quantitative estimate of drug-likeness (QED) is 0.623. The van der Waals surface area contributed by atoms with Crippen LogP contribution in [0, 0.1) is 0 Å². The maximum atomic E-state index is 11.7. The number of para-hydroxylation sites is 1. The van der Waals surface area contributed by atoms with Gasteiger partial charge >= 0.3 is 5.97 Å². The molecule has 1 N–H and O–H groups in total. The van der Waals surface area contributed by atoms with Crippen molar-refractivity contribution >= 4 is 16.9 Å². The summed E-state index contributed by atoms with van der Waals surface area (Å²) in [6.07, 6.45) is 3.06. The molecule has 2 rings (SSSR count). The predicted molar refractivity (Wildman–Crippen MR) is 80.6 cm³/mol. The van der Waals surface area contributed by atoms with Gasteiger partial charge in [-0.1, -0.05) is 25.1 Å². The monoisotopic (exact) mass is 274 g/mol. The third kappa shape index (κ3) is 3.39. The van der Waals surface area contributed by atoms with E-state index in [9.17, 15) is 4.79 Å². The smallest absolute Gasteiger partial charge is 0.325 e. The molecule has 0 bridgehead atoms. The van der Waals surface area contributed by atoms with Gasteiger partial charge in [-0.2, -0.15) is 0 Å². The van der Waals surface area contributed by atoms with E-state index >= 15 is 0 Å². The molecule has 1 aromatic heterocycles. The van der Waals surface area contributed by atoms with Gasteiger partial charge in [-0.3, -0.25) is 4.79 Å². The fraction of sp³-hybridized carbons (Fsp3) is 0.438. The van der Waals surface area contributed by atoms with Gasteiger partial charge in [0.25, 0.3) is 0 Å². The van der Waals surface area contributed by atoms with Crippen molar-refractivity contribution in [2.75, 3.05) is 13.2 Å². The fourth-order valence-electron chi connectivity index (χ4n) is 2.36. The molecule has 0 saturated heterocycles. The second-order valence-corrected chi connectivity index (χ2v) is 4.78. The molecule has 4 heteroatoms. The summed E-state index contributed by atoms with van der Waals surface area (Å²) in [5, 5.41) is 4.57. The summed E-state index contributed by atoms with van der Waals surface area (Å²) in [4.78, 5) is 11.7. The van der Waals surface area contributed by atoms with Crippen LogP contribution in [0.5, 0.6) is 0 Å². The lowest BCUT2D eigenvalue weighted by Crippen LogP contribution is -2.16. The van der Waals surface area contributed by atoms with Crippen molar-refractivity contribution in [3.8, 4) is 0 Å². The Labute approximate surface area is 119 Å². The van der Waals surface area contributed by atoms with Crippen molar-refractivity contribution in [3.05, 3.63) is 36.0 Å². The molecule has 0 amide bonds. The van der Waals surface area contributed by atoms with Crippen molar-refractivity contribution in [1.29, 1.82) is 0 Å². The van der Waals surface area contributed by atoms with E-state index in [0.717, 1.165) is 30.4 Å². The summed E-state index contributed by atoms with van der Waals surface area (Å²) in [5.41, 5.74) is 2.33. The topological polar surface area (TPSA) is 43.3 Å². The lowest BCUT2D eigenvalue weighted by Gasteiger charge is -2.10. The number of rotatable bonds is 7. The number of nitrogens with zero attached hydrogens (tertiary/aromatic N) is 1. The van der Waals surface area contributed by atoms with Gasteiger partial charge < -0.3 is 14.6 Å². The van der Waals surface area contributed by atoms with Gasteiger partial charge in [0.15, 0.2) is 0 Å². The predicted octanol–water partition coefficient (Wildman–Crippen LogP) is 2.70. The molecular formula is C16H22N2O2. The van der Waals surface area contributed by atoms with Gasteiger partial charge in [-0.25, -0.2) is 0 Å². The molecule has 0 radical (unpaired) electrons. The highest BCUT2D eigenvalue weighted by molar-refractivity contribution is 5.85. The first-order valence-electron chi connectivity index (χ1n) is 7.19. The van der Waals surface area contributed by atoms with Crippen LogP contribution in [0.25, 0.3) is 10.9 Å². The Morgan fingerprint density at radius 2 is 2.15 bits per heavy atom. The molecule has 4 nitrogen and oxygen atoms in total. The zero-order valence-corrected chi connectivity index (χ0v) is 12.2. The lowest BCUT2D eigenvalue weighted by atomic mass is 10.1. The molecule has 0 unspecified atom stereocenters. The molecule has 0 aliphatic carbocycles. The minimum absolute atomic E-state index is 0.193. The van der Waals surface area contributed by atoms with Gasteiger partial charge in [-0.15, -0.1) is 0 Å². The summed E-state index contributed by atoms with van der Waals surface area (Å²) >= 11 is 0. The maximum absolute atomic E-state index is 11.7. The number of aromatic nitrogens is 1. The van der Waals surface area contributed by atoms with Crippen LogP contribution in [0.4, 0.5) is 0 Å². The second-order valence-electron chi connectivity index (χ2n) is 4.78. The minimum Gasteiger partial charge on any atom is -0.465 e. The van der Waals surface area contributed by atoms with E-state index in [2.05, 4.69) is 30.4 Å². The van der Waals surface area contributed by atoms with Gasteiger partial charge in [0.2, 0.25) is 0 Å². The van der Waals surface area contributed by atoms with Crippen molar-refractivity contribution in [2.45, 2.75) is 33.4 Å². The van der Waals surface area contributed by atoms with E-state index in [1.54, 1.807) is 0 Å². The Hall–Kier alpha value is -1.81. The van der Waals surface area contributed by atoms with Crippen LogP contribution in [0.3, 0.4) is 0 Å². The van der Waals surface area contributed by atoms with E-state index in [1.807, 2.05) is 23.8 Å². The number of carbonyl (C=O) groups is 1. The van der Waals surface area contributed by atoms with Gasteiger partial charge in [0.05, 0.1) is 12.1 Å². The number of ether oxygens (including phenoxy) is 1. The van der Waals surface area contributed by atoms with E-state index in [-0.39, 0.29) is 12.5 Å². The largest absolute Gasteiger partial charge is 0.465 e. The summed E-state index contributed by atoms with van der Waals surface area (Å²) in [6, 6.07) is 8.27.